The van der Waals surface area contributed by atoms with E-state index in [1.165, 1.54) is 12.3 Å². The quantitative estimate of drug-likeness (QED) is 0.853. The summed E-state index contributed by atoms with van der Waals surface area (Å²) in [5.41, 5.74) is 0.982. The molecule has 1 aliphatic rings. The minimum absolute atomic E-state index is 0.0126. The van der Waals surface area contributed by atoms with Crippen LogP contribution in [-0.2, 0) is 16.4 Å². The minimum Gasteiger partial charge on any atom is -0.452 e. The van der Waals surface area contributed by atoms with Crippen LogP contribution < -0.4 is 0 Å². The van der Waals surface area contributed by atoms with Crippen LogP contribution in [0.4, 0.5) is 0 Å². The number of benzene rings is 1. The first-order valence-electron chi connectivity index (χ1n) is 7.38. The van der Waals surface area contributed by atoms with Crippen molar-refractivity contribution in [3.8, 4) is 0 Å². The molecule has 1 aliphatic heterocycles. The van der Waals surface area contributed by atoms with Gasteiger partial charge in [0.2, 0.25) is 5.09 Å². The van der Waals surface area contributed by atoms with Crippen molar-refractivity contribution in [2.45, 2.75) is 36.8 Å². The van der Waals surface area contributed by atoms with Gasteiger partial charge in [-0.25, -0.2) is 8.42 Å². The summed E-state index contributed by atoms with van der Waals surface area (Å²) in [6, 6.07) is 10.6. The van der Waals surface area contributed by atoms with Gasteiger partial charge in [0.25, 0.3) is 10.0 Å². The molecule has 6 heteroatoms. The molecule has 0 bridgehead atoms. The second kappa shape index (κ2) is 6.44. The van der Waals surface area contributed by atoms with Gasteiger partial charge >= 0.3 is 0 Å². The SMILES string of the molecule is O=S(=O)(c1ccco1)N1CCCCC1Cc1ccccc1Cl. The van der Waals surface area contributed by atoms with Gasteiger partial charge in [-0.05, 0) is 43.0 Å². The van der Waals surface area contributed by atoms with Crippen molar-refractivity contribution in [3.63, 3.8) is 0 Å². The summed E-state index contributed by atoms with van der Waals surface area (Å²) in [6.07, 6.45) is 4.75. The van der Waals surface area contributed by atoms with E-state index >= 15 is 0 Å². The summed E-state index contributed by atoms with van der Waals surface area (Å²) >= 11 is 6.22. The molecule has 118 valence electrons. The van der Waals surface area contributed by atoms with Crippen LogP contribution in [0.2, 0.25) is 5.02 Å². The fraction of sp³-hybridized carbons (Fsp3) is 0.375. The van der Waals surface area contributed by atoms with Gasteiger partial charge in [-0.1, -0.05) is 36.2 Å². The van der Waals surface area contributed by atoms with Gasteiger partial charge < -0.3 is 4.42 Å². The fourth-order valence-corrected chi connectivity index (χ4v) is 4.75. The topological polar surface area (TPSA) is 50.5 Å². The average molecular weight is 340 g/mol. The molecule has 1 unspecified atom stereocenters. The normalized spacial score (nSPS) is 20.1. The first kappa shape index (κ1) is 15.6. The molecule has 1 aromatic carbocycles. The zero-order chi connectivity index (χ0) is 15.6. The van der Waals surface area contributed by atoms with E-state index in [9.17, 15) is 8.42 Å². The molecular formula is C16H18ClNO3S. The lowest BCUT2D eigenvalue weighted by atomic mass is 9.98. The van der Waals surface area contributed by atoms with E-state index in [1.807, 2.05) is 24.3 Å². The Balaban J connectivity index is 1.87. The second-order valence-corrected chi connectivity index (χ2v) is 7.72. The van der Waals surface area contributed by atoms with E-state index in [0.717, 1.165) is 24.8 Å². The Morgan fingerprint density at radius 3 is 2.73 bits per heavy atom. The highest BCUT2D eigenvalue weighted by atomic mass is 35.5. The van der Waals surface area contributed by atoms with E-state index in [1.54, 1.807) is 10.4 Å². The Bertz CT molecular complexity index is 728. The smallest absolute Gasteiger partial charge is 0.276 e. The van der Waals surface area contributed by atoms with Crippen molar-refractivity contribution in [2.24, 2.45) is 0 Å². The zero-order valence-electron chi connectivity index (χ0n) is 12.1. The number of hydrogen-bond acceptors (Lipinski definition) is 3. The maximum atomic E-state index is 12.7. The molecule has 1 fully saturated rings. The van der Waals surface area contributed by atoms with Crippen molar-refractivity contribution in [1.82, 2.24) is 4.31 Å². The van der Waals surface area contributed by atoms with Gasteiger partial charge in [0.1, 0.15) is 0 Å². The third-order valence-electron chi connectivity index (χ3n) is 4.04. The number of hydrogen-bond donors (Lipinski definition) is 0. The summed E-state index contributed by atoms with van der Waals surface area (Å²) in [4.78, 5) is 0. The molecule has 1 aromatic heterocycles. The lowest BCUT2D eigenvalue weighted by molar-refractivity contribution is 0.245. The number of rotatable bonds is 4. The van der Waals surface area contributed by atoms with E-state index in [2.05, 4.69) is 0 Å². The van der Waals surface area contributed by atoms with Gasteiger partial charge in [0.15, 0.2) is 0 Å². The van der Waals surface area contributed by atoms with Crippen molar-refractivity contribution in [1.29, 1.82) is 0 Å². The molecule has 2 aromatic rings. The summed E-state index contributed by atoms with van der Waals surface area (Å²) in [5, 5.41) is 0.696. The number of piperidine rings is 1. The summed E-state index contributed by atoms with van der Waals surface area (Å²) in [6.45, 7) is 0.526. The largest absolute Gasteiger partial charge is 0.452 e. The summed E-state index contributed by atoms with van der Waals surface area (Å²) in [7, 11) is -3.58. The van der Waals surface area contributed by atoms with Gasteiger partial charge in [0.05, 0.1) is 6.26 Å². The monoisotopic (exact) mass is 339 g/mol. The van der Waals surface area contributed by atoms with Crippen LogP contribution in [0, 0.1) is 0 Å². The van der Waals surface area contributed by atoms with Crippen molar-refractivity contribution in [2.75, 3.05) is 6.54 Å². The number of furan rings is 1. The Morgan fingerprint density at radius 1 is 1.18 bits per heavy atom. The van der Waals surface area contributed by atoms with Crippen molar-refractivity contribution >= 4 is 21.6 Å². The number of sulfonamides is 1. The Labute approximate surface area is 135 Å². The first-order chi connectivity index (χ1) is 10.6. The lowest BCUT2D eigenvalue weighted by Crippen LogP contribution is -2.44. The highest BCUT2D eigenvalue weighted by Gasteiger charge is 2.35. The van der Waals surface area contributed by atoms with Crippen molar-refractivity contribution < 1.29 is 12.8 Å². The zero-order valence-corrected chi connectivity index (χ0v) is 13.7. The molecule has 0 N–H and O–H groups in total. The van der Waals surface area contributed by atoms with E-state index in [0.29, 0.717) is 18.0 Å². The fourth-order valence-electron chi connectivity index (χ4n) is 2.94. The maximum Gasteiger partial charge on any atom is 0.276 e. The number of nitrogens with zero attached hydrogens (tertiary/aromatic N) is 1. The van der Waals surface area contributed by atoms with Crippen LogP contribution >= 0.6 is 11.6 Å². The Hall–Kier alpha value is -1.30. The molecule has 0 spiro atoms. The third-order valence-corrected chi connectivity index (χ3v) is 6.25. The maximum absolute atomic E-state index is 12.7. The highest BCUT2D eigenvalue weighted by Crippen LogP contribution is 2.29. The van der Waals surface area contributed by atoms with E-state index in [4.69, 9.17) is 16.0 Å². The average Bonchev–Trinajstić information content (AvgIpc) is 3.05. The van der Waals surface area contributed by atoms with Crippen molar-refractivity contribution in [3.05, 3.63) is 53.2 Å². The molecule has 3 rings (SSSR count). The standard InChI is InChI=1S/C16H18ClNO3S/c17-15-8-2-1-6-13(15)12-14-7-3-4-10-18(14)22(19,20)16-9-5-11-21-16/h1-2,5-6,8-9,11,14H,3-4,7,10,12H2. The van der Waals surface area contributed by atoms with Crippen LogP contribution in [0.25, 0.3) is 0 Å². The van der Waals surface area contributed by atoms with Crippen LogP contribution in [0.3, 0.4) is 0 Å². The Morgan fingerprint density at radius 2 is 2.00 bits per heavy atom. The predicted molar refractivity (Wildman–Crippen MR) is 85.4 cm³/mol. The second-order valence-electron chi connectivity index (χ2n) is 5.49. The van der Waals surface area contributed by atoms with Crippen LogP contribution in [0.1, 0.15) is 24.8 Å². The molecule has 0 aliphatic carbocycles. The van der Waals surface area contributed by atoms with E-state index in [-0.39, 0.29) is 11.1 Å². The molecule has 4 nitrogen and oxygen atoms in total. The third kappa shape index (κ3) is 3.07. The first-order valence-corrected chi connectivity index (χ1v) is 9.19. The molecule has 1 atom stereocenters. The number of halogens is 1. The molecule has 0 radical (unpaired) electrons. The lowest BCUT2D eigenvalue weighted by Gasteiger charge is -2.34. The molecule has 22 heavy (non-hydrogen) atoms. The van der Waals surface area contributed by atoms with Gasteiger partial charge in [-0.3, -0.25) is 0 Å². The van der Waals surface area contributed by atoms with Gasteiger partial charge in [0, 0.05) is 17.6 Å². The highest BCUT2D eigenvalue weighted by molar-refractivity contribution is 7.89. The molecule has 0 amide bonds. The van der Waals surface area contributed by atoms with Gasteiger partial charge in [-0.2, -0.15) is 4.31 Å². The van der Waals surface area contributed by atoms with Gasteiger partial charge in [-0.15, -0.1) is 0 Å². The van der Waals surface area contributed by atoms with Crippen LogP contribution in [0.5, 0.6) is 0 Å². The van der Waals surface area contributed by atoms with Crippen LogP contribution in [0.15, 0.2) is 52.2 Å². The molecule has 0 saturated carbocycles. The van der Waals surface area contributed by atoms with Crippen LogP contribution in [-0.4, -0.2) is 25.3 Å². The summed E-state index contributed by atoms with van der Waals surface area (Å²) in [5.74, 6) is 0. The predicted octanol–water partition coefficient (Wildman–Crippen LogP) is 3.72. The minimum atomic E-state index is -3.58. The molecule has 1 saturated heterocycles. The molecule has 2 heterocycles. The van der Waals surface area contributed by atoms with E-state index < -0.39 is 10.0 Å². The Kier molecular flexibility index (Phi) is 4.57. The summed E-state index contributed by atoms with van der Waals surface area (Å²) < 4.78 is 32.2. The molecular weight excluding hydrogens is 322 g/mol.